The zero-order valence-corrected chi connectivity index (χ0v) is 15.1. The summed E-state index contributed by atoms with van der Waals surface area (Å²) in [5.74, 6) is -1.82. The van der Waals surface area contributed by atoms with E-state index >= 15 is 0 Å². The first-order chi connectivity index (χ1) is 12.4. The van der Waals surface area contributed by atoms with Gasteiger partial charge in [0.15, 0.2) is 11.6 Å². The van der Waals surface area contributed by atoms with Gasteiger partial charge in [-0.3, -0.25) is 0 Å². The van der Waals surface area contributed by atoms with Crippen LogP contribution in [0.25, 0.3) is 0 Å². The lowest BCUT2D eigenvalue weighted by atomic mass is 10.1. The van der Waals surface area contributed by atoms with E-state index in [2.05, 4.69) is 10.2 Å². The first kappa shape index (κ1) is 18.5. The summed E-state index contributed by atoms with van der Waals surface area (Å²) >= 11 is 6.03. The molecule has 4 nitrogen and oxygen atoms in total. The van der Waals surface area contributed by atoms with E-state index < -0.39 is 17.7 Å². The fourth-order valence-electron chi connectivity index (χ4n) is 2.98. The fourth-order valence-corrected chi connectivity index (χ4v) is 3.17. The standard InChI is InChI=1S/C19H20ClF2N3O/c1-13(14-5-6-17(21)18(22)11-14)23-19(26)25-9-7-24(8-10-25)16-4-2-3-15(20)12-16/h2-6,11-13H,7-10H2,1H3,(H,23,26)/t13-/m0/s1. The van der Waals surface area contributed by atoms with Gasteiger partial charge in [-0.05, 0) is 42.8 Å². The average Bonchev–Trinajstić information content (AvgIpc) is 2.64. The van der Waals surface area contributed by atoms with Crippen LogP contribution in [0.3, 0.4) is 0 Å². The molecule has 1 fully saturated rings. The van der Waals surface area contributed by atoms with Gasteiger partial charge in [0, 0.05) is 36.9 Å². The number of benzene rings is 2. The molecule has 1 aliphatic heterocycles. The SMILES string of the molecule is C[C@H](NC(=O)N1CCN(c2cccc(Cl)c2)CC1)c1ccc(F)c(F)c1. The number of hydrogen-bond acceptors (Lipinski definition) is 2. The molecule has 0 aromatic heterocycles. The Morgan fingerprint density at radius 3 is 2.46 bits per heavy atom. The number of nitrogens with one attached hydrogen (secondary N) is 1. The van der Waals surface area contributed by atoms with Crippen LogP contribution in [-0.4, -0.2) is 37.1 Å². The van der Waals surface area contributed by atoms with Crippen LogP contribution in [0.5, 0.6) is 0 Å². The first-order valence-corrected chi connectivity index (χ1v) is 8.83. The molecule has 1 aliphatic rings. The Hall–Kier alpha value is -2.34. The highest BCUT2D eigenvalue weighted by Gasteiger charge is 2.23. The lowest BCUT2D eigenvalue weighted by Gasteiger charge is -2.36. The number of amides is 2. The largest absolute Gasteiger partial charge is 0.368 e. The number of piperazine rings is 1. The topological polar surface area (TPSA) is 35.6 Å². The predicted octanol–water partition coefficient (Wildman–Crippen LogP) is 4.21. The van der Waals surface area contributed by atoms with E-state index in [9.17, 15) is 13.6 Å². The summed E-state index contributed by atoms with van der Waals surface area (Å²) in [4.78, 5) is 16.3. The maximum atomic E-state index is 13.4. The minimum Gasteiger partial charge on any atom is -0.368 e. The van der Waals surface area contributed by atoms with Crippen molar-refractivity contribution in [3.05, 3.63) is 64.7 Å². The molecule has 1 saturated heterocycles. The Labute approximate surface area is 156 Å². The Morgan fingerprint density at radius 2 is 1.81 bits per heavy atom. The Balaban J connectivity index is 1.55. The lowest BCUT2D eigenvalue weighted by molar-refractivity contribution is 0.191. The van der Waals surface area contributed by atoms with Gasteiger partial charge in [0.25, 0.3) is 0 Å². The minimum absolute atomic E-state index is 0.215. The van der Waals surface area contributed by atoms with Crippen molar-refractivity contribution >= 4 is 23.3 Å². The highest BCUT2D eigenvalue weighted by molar-refractivity contribution is 6.30. The number of anilines is 1. The zero-order valence-electron chi connectivity index (χ0n) is 14.4. The van der Waals surface area contributed by atoms with E-state index in [0.717, 1.165) is 17.8 Å². The van der Waals surface area contributed by atoms with Crippen molar-refractivity contribution in [3.63, 3.8) is 0 Å². The Morgan fingerprint density at radius 1 is 1.08 bits per heavy atom. The van der Waals surface area contributed by atoms with Gasteiger partial charge in [-0.2, -0.15) is 0 Å². The second-order valence-corrected chi connectivity index (χ2v) is 6.74. The number of halogens is 3. The summed E-state index contributed by atoms with van der Waals surface area (Å²) in [7, 11) is 0. The van der Waals surface area contributed by atoms with Gasteiger partial charge in [0.2, 0.25) is 0 Å². The average molecular weight is 380 g/mol. The van der Waals surface area contributed by atoms with Crippen molar-refractivity contribution in [1.29, 1.82) is 0 Å². The number of rotatable bonds is 3. The quantitative estimate of drug-likeness (QED) is 0.867. The molecule has 7 heteroatoms. The van der Waals surface area contributed by atoms with Crippen LogP contribution in [0.1, 0.15) is 18.5 Å². The molecule has 0 saturated carbocycles. The smallest absolute Gasteiger partial charge is 0.317 e. The van der Waals surface area contributed by atoms with Gasteiger partial charge in [-0.25, -0.2) is 13.6 Å². The molecule has 2 aromatic rings. The highest BCUT2D eigenvalue weighted by atomic mass is 35.5. The van der Waals surface area contributed by atoms with Crippen LogP contribution >= 0.6 is 11.6 Å². The van der Waals surface area contributed by atoms with E-state index in [4.69, 9.17) is 11.6 Å². The monoisotopic (exact) mass is 379 g/mol. The van der Waals surface area contributed by atoms with Crippen molar-refractivity contribution in [2.75, 3.05) is 31.1 Å². The van der Waals surface area contributed by atoms with Gasteiger partial charge in [-0.1, -0.05) is 23.7 Å². The molecule has 2 aromatic carbocycles. The number of nitrogens with zero attached hydrogens (tertiary/aromatic N) is 2. The fraction of sp³-hybridized carbons (Fsp3) is 0.316. The van der Waals surface area contributed by atoms with Crippen molar-refractivity contribution in [2.45, 2.75) is 13.0 Å². The molecule has 0 radical (unpaired) electrons. The first-order valence-electron chi connectivity index (χ1n) is 8.45. The van der Waals surface area contributed by atoms with Crippen LogP contribution in [0, 0.1) is 11.6 Å². The number of carbonyl (C=O) groups is 1. The predicted molar refractivity (Wildman–Crippen MR) is 98.5 cm³/mol. The normalized spacial score (nSPS) is 15.7. The van der Waals surface area contributed by atoms with Crippen LogP contribution < -0.4 is 10.2 Å². The Kier molecular flexibility index (Phi) is 5.61. The van der Waals surface area contributed by atoms with E-state index in [1.54, 1.807) is 11.8 Å². The van der Waals surface area contributed by atoms with Crippen molar-refractivity contribution < 1.29 is 13.6 Å². The molecule has 1 N–H and O–H groups in total. The third-order valence-electron chi connectivity index (χ3n) is 4.52. The van der Waals surface area contributed by atoms with Crippen LogP contribution in [0.4, 0.5) is 19.3 Å². The molecular weight excluding hydrogens is 360 g/mol. The second kappa shape index (κ2) is 7.91. The molecule has 1 atom stereocenters. The third kappa shape index (κ3) is 4.25. The van der Waals surface area contributed by atoms with Crippen molar-refractivity contribution in [2.24, 2.45) is 0 Å². The highest BCUT2D eigenvalue weighted by Crippen LogP contribution is 2.21. The van der Waals surface area contributed by atoms with Gasteiger partial charge in [0.1, 0.15) is 0 Å². The summed E-state index contributed by atoms with van der Waals surface area (Å²) in [6.45, 7) is 4.29. The Bertz CT molecular complexity index is 794. The van der Waals surface area contributed by atoms with E-state index in [1.165, 1.54) is 6.07 Å². The molecule has 0 spiro atoms. The molecule has 26 heavy (non-hydrogen) atoms. The summed E-state index contributed by atoms with van der Waals surface area (Å²) < 4.78 is 26.4. The molecular formula is C19H20ClF2N3O. The maximum Gasteiger partial charge on any atom is 0.317 e. The summed E-state index contributed by atoms with van der Waals surface area (Å²) in [5.41, 5.74) is 1.56. The van der Waals surface area contributed by atoms with Crippen LogP contribution in [0.15, 0.2) is 42.5 Å². The van der Waals surface area contributed by atoms with Crippen LogP contribution in [-0.2, 0) is 0 Å². The van der Waals surface area contributed by atoms with E-state index in [0.29, 0.717) is 36.8 Å². The molecule has 0 aliphatic carbocycles. The zero-order chi connectivity index (χ0) is 18.7. The third-order valence-corrected chi connectivity index (χ3v) is 4.76. The second-order valence-electron chi connectivity index (χ2n) is 6.30. The van der Waals surface area contributed by atoms with Gasteiger partial charge >= 0.3 is 6.03 Å². The number of urea groups is 1. The molecule has 0 bridgehead atoms. The van der Waals surface area contributed by atoms with E-state index in [-0.39, 0.29) is 6.03 Å². The lowest BCUT2D eigenvalue weighted by Crippen LogP contribution is -2.52. The number of carbonyl (C=O) groups excluding carboxylic acids is 1. The number of hydrogen-bond donors (Lipinski definition) is 1. The van der Waals surface area contributed by atoms with Gasteiger partial charge < -0.3 is 15.1 Å². The summed E-state index contributed by atoms with van der Waals surface area (Å²) in [6, 6.07) is 10.6. The van der Waals surface area contributed by atoms with Gasteiger partial charge in [0.05, 0.1) is 6.04 Å². The van der Waals surface area contributed by atoms with Crippen LogP contribution in [0.2, 0.25) is 5.02 Å². The molecule has 138 valence electrons. The van der Waals surface area contributed by atoms with E-state index in [1.807, 2.05) is 24.3 Å². The van der Waals surface area contributed by atoms with Gasteiger partial charge in [-0.15, -0.1) is 0 Å². The maximum absolute atomic E-state index is 13.4. The summed E-state index contributed by atoms with van der Waals surface area (Å²) in [6.07, 6.45) is 0. The molecule has 0 unspecified atom stereocenters. The molecule has 1 heterocycles. The molecule has 3 rings (SSSR count). The summed E-state index contributed by atoms with van der Waals surface area (Å²) in [5, 5.41) is 3.52. The molecule has 2 amide bonds. The van der Waals surface area contributed by atoms with Crippen molar-refractivity contribution in [3.8, 4) is 0 Å². The van der Waals surface area contributed by atoms with Crippen molar-refractivity contribution in [1.82, 2.24) is 10.2 Å². The minimum atomic E-state index is -0.918.